The Kier molecular flexibility index (Phi) is 5.17. The van der Waals surface area contributed by atoms with Gasteiger partial charge in [0.25, 0.3) is 0 Å². The summed E-state index contributed by atoms with van der Waals surface area (Å²) in [5.74, 6) is 0.839. The number of aryl methyl sites for hydroxylation is 1. The molecule has 1 aromatic rings. The molecule has 1 aliphatic rings. The largest absolute Gasteiger partial charge is 0.383 e. The van der Waals surface area contributed by atoms with Crippen molar-refractivity contribution in [3.8, 4) is 0 Å². The Labute approximate surface area is 128 Å². The van der Waals surface area contributed by atoms with Crippen molar-refractivity contribution in [1.82, 2.24) is 15.3 Å². The summed E-state index contributed by atoms with van der Waals surface area (Å²) in [6.07, 6.45) is 4.43. The first kappa shape index (κ1) is 16.2. The molecule has 5 nitrogen and oxygen atoms in total. The van der Waals surface area contributed by atoms with Crippen molar-refractivity contribution in [3.63, 3.8) is 0 Å². The van der Waals surface area contributed by atoms with E-state index in [0.29, 0.717) is 12.6 Å². The molecule has 0 amide bonds. The van der Waals surface area contributed by atoms with E-state index in [1.165, 1.54) is 12.8 Å². The van der Waals surface area contributed by atoms with Gasteiger partial charge in [0.05, 0.1) is 6.61 Å². The van der Waals surface area contributed by atoms with Gasteiger partial charge in [0.2, 0.25) is 5.95 Å². The number of nitrogens with zero attached hydrogens (tertiary/aromatic N) is 3. The maximum atomic E-state index is 5.19. The van der Waals surface area contributed by atoms with E-state index >= 15 is 0 Å². The van der Waals surface area contributed by atoms with Gasteiger partial charge in [-0.05, 0) is 40.5 Å². The van der Waals surface area contributed by atoms with E-state index < -0.39 is 0 Å². The lowest BCUT2D eigenvalue weighted by Gasteiger charge is -2.24. The molecule has 118 valence electrons. The third-order valence-electron chi connectivity index (χ3n) is 3.66. The Hall–Kier alpha value is -1.20. The standard InChI is InChI=1S/C16H28N4O/c1-12-13(11-18-16(2,3)4)10-17-15(19-12)20(8-9-21-5)14-6-7-14/h10,14,18H,6-9,11H2,1-5H3. The van der Waals surface area contributed by atoms with Crippen LogP contribution in [0.25, 0.3) is 0 Å². The van der Waals surface area contributed by atoms with Crippen molar-refractivity contribution in [2.45, 2.75) is 58.7 Å². The van der Waals surface area contributed by atoms with Gasteiger partial charge in [0.1, 0.15) is 0 Å². The summed E-state index contributed by atoms with van der Waals surface area (Å²) in [6.45, 7) is 10.9. The van der Waals surface area contributed by atoms with E-state index in [1.807, 2.05) is 6.20 Å². The molecule has 0 radical (unpaired) electrons. The molecular weight excluding hydrogens is 264 g/mol. The first-order valence-electron chi connectivity index (χ1n) is 7.74. The van der Waals surface area contributed by atoms with Crippen LogP contribution in [0.2, 0.25) is 0 Å². The van der Waals surface area contributed by atoms with Crippen molar-refractivity contribution in [2.75, 3.05) is 25.2 Å². The molecular formula is C16H28N4O. The van der Waals surface area contributed by atoms with Gasteiger partial charge in [-0.25, -0.2) is 9.97 Å². The van der Waals surface area contributed by atoms with Crippen LogP contribution in [0, 0.1) is 6.92 Å². The van der Waals surface area contributed by atoms with Crippen LogP contribution >= 0.6 is 0 Å². The van der Waals surface area contributed by atoms with Crippen LogP contribution in [-0.2, 0) is 11.3 Å². The Morgan fingerprint density at radius 3 is 2.62 bits per heavy atom. The first-order chi connectivity index (χ1) is 9.90. The predicted octanol–water partition coefficient (Wildman–Crippen LogP) is 2.29. The van der Waals surface area contributed by atoms with Crippen molar-refractivity contribution >= 4 is 5.95 Å². The summed E-state index contributed by atoms with van der Waals surface area (Å²) in [6, 6.07) is 0.595. The molecule has 1 aromatic heterocycles. The molecule has 1 heterocycles. The molecule has 0 spiro atoms. The number of hydrogen-bond acceptors (Lipinski definition) is 5. The van der Waals surface area contributed by atoms with Gasteiger partial charge in [-0.2, -0.15) is 0 Å². The highest BCUT2D eigenvalue weighted by Gasteiger charge is 2.30. The lowest BCUT2D eigenvalue weighted by molar-refractivity contribution is 0.204. The summed E-state index contributed by atoms with van der Waals surface area (Å²) in [7, 11) is 1.73. The number of rotatable bonds is 7. The minimum absolute atomic E-state index is 0.101. The summed E-state index contributed by atoms with van der Waals surface area (Å²) in [5.41, 5.74) is 2.32. The topological polar surface area (TPSA) is 50.3 Å². The van der Waals surface area contributed by atoms with Crippen molar-refractivity contribution < 1.29 is 4.74 Å². The van der Waals surface area contributed by atoms with Gasteiger partial charge in [0.15, 0.2) is 0 Å². The van der Waals surface area contributed by atoms with Gasteiger partial charge < -0.3 is 15.0 Å². The molecule has 2 rings (SSSR count). The zero-order chi connectivity index (χ0) is 15.5. The van der Waals surface area contributed by atoms with Gasteiger partial charge >= 0.3 is 0 Å². The zero-order valence-electron chi connectivity index (χ0n) is 13.9. The maximum Gasteiger partial charge on any atom is 0.225 e. The minimum Gasteiger partial charge on any atom is -0.383 e. The number of ether oxygens (including phenoxy) is 1. The van der Waals surface area contributed by atoms with Gasteiger partial charge in [-0.1, -0.05) is 0 Å². The second-order valence-corrected chi connectivity index (χ2v) is 6.80. The number of anilines is 1. The molecule has 0 bridgehead atoms. The third kappa shape index (κ3) is 4.93. The van der Waals surface area contributed by atoms with Crippen LogP contribution in [-0.4, -0.2) is 41.8 Å². The Bertz CT molecular complexity index is 466. The first-order valence-corrected chi connectivity index (χ1v) is 7.74. The average Bonchev–Trinajstić information content (AvgIpc) is 3.21. The molecule has 1 saturated carbocycles. The van der Waals surface area contributed by atoms with Crippen LogP contribution in [0.1, 0.15) is 44.9 Å². The second kappa shape index (κ2) is 6.71. The van der Waals surface area contributed by atoms with E-state index in [0.717, 1.165) is 30.3 Å². The summed E-state index contributed by atoms with van der Waals surface area (Å²) < 4.78 is 5.19. The molecule has 1 fully saturated rings. The summed E-state index contributed by atoms with van der Waals surface area (Å²) in [5, 5.41) is 3.48. The van der Waals surface area contributed by atoms with E-state index in [1.54, 1.807) is 7.11 Å². The molecule has 0 saturated heterocycles. The van der Waals surface area contributed by atoms with Crippen molar-refractivity contribution in [3.05, 3.63) is 17.5 Å². The lowest BCUT2D eigenvalue weighted by atomic mass is 10.1. The maximum absolute atomic E-state index is 5.19. The van der Waals surface area contributed by atoms with Crippen LogP contribution < -0.4 is 10.2 Å². The van der Waals surface area contributed by atoms with Crippen molar-refractivity contribution in [2.24, 2.45) is 0 Å². The minimum atomic E-state index is 0.101. The van der Waals surface area contributed by atoms with Crippen LogP contribution in [0.3, 0.4) is 0 Å². The molecule has 0 unspecified atom stereocenters. The summed E-state index contributed by atoms with van der Waals surface area (Å²) >= 11 is 0. The highest BCUT2D eigenvalue weighted by atomic mass is 16.5. The highest BCUT2D eigenvalue weighted by Crippen LogP contribution is 2.29. The third-order valence-corrected chi connectivity index (χ3v) is 3.66. The quantitative estimate of drug-likeness (QED) is 0.835. The van der Waals surface area contributed by atoms with Crippen LogP contribution in [0.15, 0.2) is 6.20 Å². The summed E-state index contributed by atoms with van der Waals surface area (Å²) in [4.78, 5) is 11.6. The number of methoxy groups -OCH3 is 1. The van der Waals surface area contributed by atoms with Crippen LogP contribution in [0.5, 0.6) is 0 Å². The fourth-order valence-electron chi connectivity index (χ4n) is 2.17. The number of hydrogen-bond donors (Lipinski definition) is 1. The molecule has 5 heteroatoms. The zero-order valence-corrected chi connectivity index (χ0v) is 13.9. The Morgan fingerprint density at radius 1 is 1.38 bits per heavy atom. The normalized spacial score (nSPS) is 15.3. The molecule has 1 N–H and O–H groups in total. The van der Waals surface area contributed by atoms with E-state index in [9.17, 15) is 0 Å². The van der Waals surface area contributed by atoms with Gasteiger partial charge in [0, 0.05) is 49.2 Å². The highest BCUT2D eigenvalue weighted by molar-refractivity contribution is 5.36. The number of aromatic nitrogens is 2. The Balaban J connectivity index is 2.06. The Morgan fingerprint density at radius 2 is 2.10 bits per heavy atom. The molecule has 21 heavy (non-hydrogen) atoms. The SMILES string of the molecule is COCCN(c1ncc(CNC(C)(C)C)c(C)n1)C1CC1. The molecule has 0 aromatic carbocycles. The predicted molar refractivity (Wildman–Crippen MR) is 85.6 cm³/mol. The van der Waals surface area contributed by atoms with Crippen LogP contribution in [0.4, 0.5) is 5.95 Å². The van der Waals surface area contributed by atoms with E-state index in [-0.39, 0.29) is 5.54 Å². The second-order valence-electron chi connectivity index (χ2n) is 6.80. The monoisotopic (exact) mass is 292 g/mol. The molecule has 0 atom stereocenters. The fraction of sp³-hybridized carbons (Fsp3) is 0.750. The molecule has 0 aliphatic heterocycles. The average molecular weight is 292 g/mol. The van der Waals surface area contributed by atoms with Gasteiger partial charge in [-0.15, -0.1) is 0 Å². The lowest BCUT2D eigenvalue weighted by Crippen LogP contribution is -2.35. The molecule has 1 aliphatic carbocycles. The van der Waals surface area contributed by atoms with E-state index in [2.05, 4.69) is 42.9 Å². The fourth-order valence-corrected chi connectivity index (χ4v) is 2.17. The smallest absolute Gasteiger partial charge is 0.225 e. The van der Waals surface area contributed by atoms with E-state index in [4.69, 9.17) is 9.72 Å². The van der Waals surface area contributed by atoms with Crippen molar-refractivity contribution in [1.29, 1.82) is 0 Å². The number of nitrogens with one attached hydrogen (secondary N) is 1. The van der Waals surface area contributed by atoms with Gasteiger partial charge in [-0.3, -0.25) is 0 Å².